The van der Waals surface area contributed by atoms with Gasteiger partial charge in [-0.25, -0.2) is 0 Å². The second kappa shape index (κ2) is 15.6. The molecule has 3 nitrogen and oxygen atoms in total. The third-order valence-electron chi connectivity index (χ3n) is 3.72. The molecule has 0 bridgehead atoms. The van der Waals surface area contributed by atoms with Crippen molar-refractivity contribution >= 4 is 5.97 Å². The van der Waals surface area contributed by atoms with Crippen molar-refractivity contribution < 1.29 is 15.0 Å². The molecule has 0 aromatic carbocycles. The third kappa shape index (κ3) is 17.1. The maximum absolute atomic E-state index is 10.3. The van der Waals surface area contributed by atoms with Crippen LogP contribution in [0, 0.1) is 0 Å². The van der Waals surface area contributed by atoms with Gasteiger partial charge in [-0.3, -0.25) is 4.79 Å². The first-order valence-electron chi connectivity index (χ1n) is 8.73. The molecule has 3 heteroatoms. The van der Waals surface area contributed by atoms with Crippen LogP contribution in [0.4, 0.5) is 0 Å². The van der Waals surface area contributed by atoms with E-state index < -0.39 is 5.97 Å². The lowest BCUT2D eigenvalue weighted by atomic mass is 10.1. The minimum absolute atomic E-state index is 0.265. The van der Waals surface area contributed by atoms with Crippen LogP contribution in [0.1, 0.15) is 90.4 Å². The lowest BCUT2D eigenvalue weighted by Crippen LogP contribution is -2.01. The highest BCUT2D eigenvalue weighted by molar-refractivity contribution is 5.66. The van der Waals surface area contributed by atoms with E-state index >= 15 is 0 Å². The van der Waals surface area contributed by atoms with Gasteiger partial charge in [0.25, 0.3) is 0 Å². The Balaban J connectivity index is 3.30. The van der Waals surface area contributed by atoms with Crippen LogP contribution in [0.3, 0.4) is 0 Å². The molecule has 0 aromatic heterocycles. The highest BCUT2D eigenvalue weighted by Crippen LogP contribution is 2.10. The van der Waals surface area contributed by atoms with Crippen LogP contribution in [-0.4, -0.2) is 22.3 Å². The Labute approximate surface area is 130 Å². The summed E-state index contributed by atoms with van der Waals surface area (Å²) in [5, 5.41) is 18.3. The smallest absolute Gasteiger partial charge is 0.303 e. The maximum Gasteiger partial charge on any atom is 0.303 e. The molecule has 0 saturated heterocycles. The Morgan fingerprint density at radius 2 is 1.57 bits per heavy atom. The van der Waals surface area contributed by atoms with Gasteiger partial charge in [0.2, 0.25) is 0 Å². The third-order valence-corrected chi connectivity index (χ3v) is 3.72. The molecule has 1 unspecified atom stereocenters. The minimum Gasteiger partial charge on any atom is -0.481 e. The van der Waals surface area contributed by atoms with Gasteiger partial charge in [0, 0.05) is 6.42 Å². The summed E-state index contributed by atoms with van der Waals surface area (Å²) in [5.41, 5.74) is 0. The number of allylic oxidation sites excluding steroid dienone is 1. The Morgan fingerprint density at radius 1 is 0.952 bits per heavy atom. The fourth-order valence-electron chi connectivity index (χ4n) is 2.38. The summed E-state index contributed by atoms with van der Waals surface area (Å²) in [6.07, 6.45) is 17.4. The van der Waals surface area contributed by atoms with E-state index in [4.69, 9.17) is 5.11 Å². The first kappa shape index (κ1) is 20.2. The van der Waals surface area contributed by atoms with Gasteiger partial charge in [-0.1, -0.05) is 70.4 Å². The summed E-state index contributed by atoms with van der Waals surface area (Å²) in [6.45, 7) is 2.23. The van der Waals surface area contributed by atoms with Crippen LogP contribution in [-0.2, 0) is 4.79 Å². The van der Waals surface area contributed by atoms with Crippen LogP contribution in [0.15, 0.2) is 12.2 Å². The van der Waals surface area contributed by atoms with Gasteiger partial charge >= 0.3 is 5.97 Å². The first-order valence-corrected chi connectivity index (χ1v) is 8.73. The molecular weight excluding hydrogens is 264 g/mol. The summed E-state index contributed by atoms with van der Waals surface area (Å²) < 4.78 is 0. The van der Waals surface area contributed by atoms with Crippen molar-refractivity contribution in [1.29, 1.82) is 0 Å². The zero-order valence-electron chi connectivity index (χ0n) is 13.7. The molecule has 0 radical (unpaired) electrons. The number of carbonyl (C=O) groups is 1. The monoisotopic (exact) mass is 298 g/mol. The van der Waals surface area contributed by atoms with Gasteiger partial charge in [0.1, 0.15) is 0 Å². The number of aliphatic hydroxyl groups is 1. The van der Waals surface area contributed by atoms with Crippen molar-refractivity contribution in [2.75, 3.05) is 0 Å². The van der Waals surface area contributed by atoms with Crippen LogP contribution < -0.4 is 0 Å². The van der Waals surface area contributed by atoms with Gasteiger partial charge in [0.05, 0.1) is 6.10 Å². The van der Waals surface area contributed by atoms with Crippen molar-refractivity contribution in [2.45, 2.75) is 96.5 Å². The molecule has 124 valence electrons. The minimum atomic E-state index is -0.715. The topological polar surface area (TPSA) is 57.5 Å². The second-order valence-electron chi connectivity index (χ2n) is 5.90. The molecule has 0 saturated carbocycles. The number of hydrogen-bond donors (Lipinski definition) is 2. The van der Waals surface area contributed by atoms with Crippen molar-refractivity contribution in [1.82, 2.24) is 0 Å². The normalized spacial score (nSPS) is 12.9. The summed E-state index contributed by atoms with van der Waals surface area (Å²) >= 11 is 0. The average Bonchev–Trinajstić information content (AvgIpc) is 2.45. The van der Waals surface area contributed by atoms with Crippen LogP contribution in [0.25, 0.3) is 0 Å². The molecule has 2 N–H and O–H groups in total. The summed E-state index contributed by atoms with van der Waals surface area (Å²) in [6, 6.07) is 0. The Bertz CT molecular complexity index is 261. The molecule has 0 aliphatic heterocycles. The fraction of sp³-hybridized carbons (Fsp3) is 0.833. The van der Waals surface area contributed by atoms with E-state index in [9.17, 15) is 9.90 Å². The first-order chi connectivity index (χ1) is 10.2. The second-order valence-corrected chi connectivity index (χ2v) is 5.90. The largest absolute Gasteiger partial charge is 0.481 e. The highest BCUT2D eigenvalue weighted by atomic mass is 16.4. The number of aliphatic hydroxyl groups excluding tert-OH is 1. The molecule has 1 atom stereocenters. The van der Waals surface area contributed by atoms with Crippen LogP contribution >= 0.6 is 0 Å². The zero-order chi connectivity index (χ0) is 15.8. The molecule has 0 spiro atoms. The average molecular weight is 298 g/mol. The van der Waals surface area contributed by atoms with Gasteiger partial charge in [-0.15, -0.1) is 0 Å². The van der Waals surface area contributed by atoms with E-state index in [1.54, 1.807) is 0 Å². The van der Waals surface area contributed by atoms with E-state index in [0.717, 1.165) is 38.5 Å². The zero-order valence-corrected chi connectivity index (χ0v) is 13.7. The lowest BCUT2D eigenvalue weighted by molar-refractivity contribution is -0.137. The van der Waals surface area contributed by atoms with E-state index in [-0.39, 0.29) is 12.5 Å². The Kier molecular flexibility index (Phi) is 14.9. The van der Waals surface area contributed by atoms with Crippen molar-refractivity contribution in [3.8, 4) is 0 Å². The standard InChI is InChI=1S/C18H34O3/c1-2-3-4-5-6-7-8-11-14-17(19)15-12-9-10-13-16-18(20)21/h11,14,17,19H,2-10,12-13,15-16H2,1H3,(H,20,21)/b14-11-. The molecular formula is C18H34O3. The molecule has 0 amide bonds. The predicted octanol–water partition coefficient (Wildman–Crippen LogP) is 5.08. The van der Waals surface area contributed by atoms with Gasteiger partial charge in [-0.2, -0.15) is 0 Å². The molecule has 0 aliphatic rings. The number of unbranched alkanes of at least 4 members (excludes halogenated alkanes) is 9. The highest BCUT2D eigenvalue weighted by Gasteiger charge is 2.00. The van der Waals surface area contributed by atoms with E-state index in [2.05, 4.69) is 13.0 Å². The van der Waals surface area contributed by atoms with Crippen LogP contribution in [0.2, 0.25) is 0 Å². The maximum atomic E-state index is 10.3. The molecule has 21 heavy (non-hydrogen) atoms. The molecule has 0 aromatic rings. The van der Waals surface area contributed by atoms with E-state index in [1.165, 1.54) is 38.5 Å². The predicted molar refractivity (Wildman–Crippen MR) is 88.5 cm³/mol. The van der Waals surface area contributed by atoms with Crippen molar-refractivity contribution in [2.24, 2.45) is 0 Å². The quantitative estimate of drug-likeness (QED) is 0.327. The summed E-state index contributed by atoms with van der Waals surface area (Å²) in [4.78, 5) is 10.3. The summed E-state index contributed by atoms with van der Waals surface area (Å²) in [5.74, 6) is -0.715. The Morgan fingerprint density at radius 3 is 2.29 bits per heavy atom. The van der Waals surface area contributed by atoms with Crippen molar-refractivity contribution in [3.63, 3.8) is 0 Å². The molecule has 0 aliphatic carbocycles. The molecule has 0 heterocycles. The van der Waals surface area contributed by atoms with Crippen molar-refractivity contribution in [3.05, 3.63) is 12.2 Å². The molecule has 0 rings (SSSR count). The fourth-order valence-corrected chi connectivity index (χ4v) is 2.38. The van der Waals surface area contributed by atoms with E-state index in [1.807, 2.05) is 6.08 Å². The Hall–Kier alpha value is -0.830. The lowest BCUT2D eigenvalue weighted by Gasteiger charge is -2.05. The SMILES string of the molecule is CCCCCCCC/C=C\C(O)CCCCCCC(=O)O. The number of aliphatic carboxylic acids is 1. The number of carboxylic acids is 1. The van der Waals surface area contributed by atoms with Gasteiger partial charge in [0.15, 0.2) is 0 Å². The van der Waals surface area contributed by atoms with E-state index in [0.29, 0.717) is 0 Å². The number of hydrogen-bond acceptors (Lipinski definition) is 2. The molecule has 0 fully saturated rings. The van der Waals surface area contributed by atoms with Gasteiger partial charge in [-0.05, 0) is 25.7 Å². The van der Waals surface area contributed by atoms with Crippen LogP contribution in [0.5, 0.6) is 0 Å². The number of carboxylic acid groups (broad SMARTS) is 1. The van der Waals surface area contributed by atoms with Gasteiger partial charge < -0.3 is 10.2 Å². The number of rotatable bonds is 15. The summed E-state index contributed by atoms with van der Waals surface area (Å²) in [7, 11) is 0.